The average molecular weight is 638 g/mol. The van der Waals surface area contributed by atoms with Crippen molar-refractivity contribution in [1.82, 2.24) is 26.2 Å². The molecule has 1 aliphatic heterocycles. The average Bonchev–Trinajstić information content (AvgIpc) is 3.32. The Kier molecular flexibility index (Phi) is 15.3. The largest absolute Gasteiger partial charge is 0.489 e. The highest BCUT2D eigenvalue weighted by Gasteiger charge is 2.31. The van der Waals surface area contributed by atoms with Crippen LogP contribution in [-0.2, 0) is 22.6 Å². The molecule has 1 heterocycles. The lowest BCUT2D eigenvalue weighted by atomic mass is 9.97. The van der Waals surface area contributed by atoms with E-state index < -0.39 is 17.6 Å². The van der Waals surface area contributed by atoms with Crippen molar-refractivity contribution in [1.29, 1.82) is 0 Å². The number of hydrogen-bond donors (Lipinski definition) is 5. The summed E-state index contributed by atoms with van der Waals surface area (Å²) in [5, 5.41) is 21.3. The molecule has 0 saturated carbocycles. The molecule has 1 fully saturated rings. The maximum Gasteiger partial charge on any atom is 0.318 e. The maximum absolute atomic E-state index is 13.8. The van der Waals surface area contributed by atoms with E-state index in [1.807, 2.05) is 82.3 Å². The first kappa shape index (κ1) is 36.8. The Bertz CT molecular complexity index is 1200. The van der Waals surface area contributed by atoms with Gasteiger partial charge < -0.3 is 36.0 Å². The zero-order valence-corrected chi connectivity index (χ0v) is 28.1. The van der Waals surface area contributed by atoms with Gasteiger partial charge in [0.2, 0.25) is 11.8 Å². The van der Waals surface area contributed by atoms with E-state index in [1.165, 1.54) is 0 Å². The van der Waals surface area contributed by atoms with E-state index in [4.69, 9.17) is 9.84 Å². The highest BCUT2D eigenvalue weighted by Crippen LogP contribution is 2.17. The number of benzene rings is 2. The topological polar surface area (TPSA) is 132 Å². The number of hydrogen-bond acceptors (Lipinski definition) is 6. The Morgan fingerprint density at radius 1 is 0.848 bits per heavy atom. The molecule has 0 aliphatic carbocycles. The van der Waals surface area contributed by atoms with Gasteiger partial charge in [-0.3, -0.25) is 9.59 Å². The van der Waals surface area contributed by atoms with Crippen LogP contribution in [0, 0.1) is 5.92 Å². The lowest BCUT2D eigenvalue weighted by molar-refractivity contribution is -0.131. The fraction of sp³-hybridized carbons (Fsp3) is 0.583. The van der Waals surface area contributed by atoms with Crippen LogP contribution in [0.3, 0.4) is 0 Å². The minimum Gasteiger partial charge on any atom is -0.489 e. The van der Waals surface area contributed by atoms with Gasteiger partial charge in [-0.25, -0.2) is 4.79 Å². The van der Waals surface area contributed by atoms with Gasteiger partial charge in [-0.05, 0) is 75.3 Å². The van der Waals surface area contributed by atoms with Gasteiger partial charge in [-0.2, -0.15) is 0 Å². The summed E-state index contributed by atoms with van der Waals surface area (Å²) in [4.78, 5) is 42.5. The lowest BCUT2D eigenvalue weighted by Gasteiger charge is -2.31. The second kappa shape index (κ2) is 19.1. The molecular weight excluding hydrogens is 582 g/mol. The first-order valence-corrected chi connectivity index (χ1v) is 16.8. The third kappa shape index (κ3) is 13.4. The third-order valence-corrected chi connectivity index (χ3v) is 8.14. The van der Waals surface area contributed by atoms with E-state index in [0.29, 0.717) is 51.4 Å². The van der Waals surface area contributed by atoms with Crippen molar-refractivity contribution in [2.24, 2.45) is 5.92 Å². The number of aliphatic hydroxyl groups excluding tert-OH is 1. The molecule has 5 N–H and O–H groups in total. The van der Waals surface area contributed by atoms with Crippen molar-refractivity contribution < 1.29 is 24.2 Å². The van der Waals surface area contributed by atoms with Gasteiger partial charge in [-0.1, -0.05) is 69.2 Å². The molecule has 2 atom stereocenters. The molecule has 0 aromatic heterocycles. The third-order valence-electron chi connectivity index (χ3n) is 8.14. The molecule has 2 aromatic carbocycles. The Hall–Kier alpha value is -3.63. The Labute approximate surface area is 275 Å². The number of likely N-dealkylation sites (tertiary alicyclic amines) is 1. The van der Waals surface area contributed by atoms with Gasteiger partial charge >= 0.3 is 6.03 Å². The number of nitrogens with one attached hydrogen (secondary N) is 4. The van der Waals surface area contributed by atoms with Crippen LogP contribution < -0.4 is 26.0 Å². The smallest absolute Gasteiger partial charge is 0.318 e. The first-order valence-electron chi connectivity index (χ1n) is 16.8. The summed E-state index contributed by atoms with van der Waals surface area (Å²) in [6.07, 6.45) is 5.47. The van der Waals surface area contributed by atoms with Gasteiger partial charge in [-0.15, -0.1) is 0 Å². The molecule has 0 spiro atoms. The molecule has 3 rings (SSSR count). The summed E-state index contributed by atoms with van der Waals surface area (Å²) in [5.74, 6) is 0.193. The van der Waals surface area contributed by atoms with Crippen molar-refractivity contribution in [3.8, 4) is 5.75 Å². The van der Waals surface area contributed by atoms with Crippen LogP contribution in [0.15, 0.2) is 54.6 Å². The summed E-state index contributed by atoms with van der Waals surface area (Å²) in [7, 11) is 0. The number of amides is 4. The fourth-order valence-electron chi connectivity index (χ4n) is 5.49. The highest BCUT2D eigenvalue weighted by atomic mass is 16.5. The number of rotatable bonds is 17. The molecule has 0 unspecified atom stereocenters. The predicted molar refractivity (Wildman–Crippen MR) is 181 cm³/mol. The van der Waals surface area contributed by atoms with Gasteiger partial charge in [0.1, 0.15) is 24.4 Å². The van der Waals surface area contributed by atoms with Crippen LogP contribution in [0.4, 0.5) is 4.79 Å². The van der Waals surface area contributed by atoms with Crippen molar-refractivity contribution in [3.05, 3.63) is 65.7 Å². The molecule has 10 heteroatoms. The molecule has 0 radical (unpaired) electrons. The summed E-state index contributed by atoms with van der Waals surface area (Å²) < 4.78 is 5.93. The van der Waals surface area contributed by atoms with Gasteiger partial charge in [0.25, 0.3) is 0 Å². The Balaban J connectivity index is 1.73. The van der Waals surface area contributed by atoms with Crippen molar-refractivity contribution in [2.75, 3.05) is 32.8 Å². The molecule has 254 valence electrons. The van der Waals surface area contributed by atoms with Crippen LogP contribution in [0.25, 0.3) is 0 Å². The van der Waals surface area contributed by atoms with Crippen LogP contribution in [0.1, 0.15) is 77.3 Å². The quantitative estimate of drug-likeness (QED) is 0.166. The summed E-state index contributed by atoms with van der Waals surface area (Å²) in [5.41, 5.74) is 1.37. The molecule has 1 aliphatic rings. The highest BCUT2D eigenvalue weighted by molar-refractivity contribution is 5.92. The Morgan fingerprint density at radius 2 is 1.52 bits per heavy atom. The second-order valence-corrected chi connectivity index (χ2v) is 13.3. The summed E-state index contributed by atoms with van der Waals surface area (Å²) in [6.45, 7) is 10.8. The SMILES string of the molecule is CC(C)C[C@H](NC(=O)N1CCCCCC1)C(=O)N[C@@H](Cc1ccc(OCc2ccccc2)cc1)C(=O)NC(C)(C)CCNCCO. The van der Waals surface area contributed by atoms with Gasteiger partial charge in [0, 0.05) is 31.6 Å². The number of nitrogens with zero attached hydrogens (tertiary/aromatic N) is 1. The van der Waals surface area contributed by atoms with Crippen LogP contribution >= 0.6 is 0 Å². The first-order chi connectivity index (χ1) is 22.1. The normalized spacial score (nSPS) is 15.0. The fourth-order valence-corrected chi connectivity index (χ4v) is 5.49. The van der Waals surface area contributed by atoms with Gasteiger partial charge in [0.05, 0.1) is 6.61 Å². The molecule has 2 aromatic rings. The molecular formula is C36H55N5O5. The van der Waals surface area contributed by atoms with E-state index in [0.717, 1.165) is 36.8 Å². The molecule has 10 nitrogen and oxygen atoms in total. The predicted octanol–water partition coefficient (Wildman–Crippen LogP) is 4.16. The lowest BCUT2D eigenvalue weighted by Crippen LogP contribution is -2.58. The van der Waals surface area contributed by atoms with E-state index >= 15 is 0 Å². The maximum atomic E-state index is 13.8. The standard InChI is InChI=1S/C36H55N5O5/c1-27(2)24-31(39-35(45)41-21-10-5-6-11-22-41)33(43)38-32(34(44)40-36(3,4)18-19-37-20-23-42)25-28-14-16-30(17-15-28)46-26-29-12-8-7-9-13-29/h7-9,12-17,27,31-32,37,42H,5-6,10-11,18-26H2,1-4H3,(H,38,43)(H,39,45)(H,40,44)/t31-,32-/m0/s1. The summed E-state index contributed by atoms with van der Waals surface area (Å²) >= 11 is 0. The van der Waals surface area contributed by atoms with E-state index in [1.54, 1.807) is 4.90 Å². The molecule has 46 heavy (non-hydrogen) atoms. The van der Waals surface area contributed by atoms with Crippen molar-refractivity contribution in [2.45, 2.75) is 96.9 Å². The zero-order valence-electron chi connectivity index (χ0n) is 28.1. The van der Waals surface area contributed by atoms with Crippen LogP contribution in [0.5, 0.6) is 5.75 Å². The minimum absolute atomic E-state index is 0.0445. The monoisotopic (exact) mass is 637 g/mol. The van der Waals surface area contributed by atoms with E-state index in [-0.39, 0.29) is 36.8 Å². The molecule has 4 amide bonds. The summed E-state index contributed by atoms with van der Waals surface area (Å²) in [6, 6.07) is 15.6. The molecule has 1 saturated heterocycles. The van der Waals surface area contributed by atoms with Gasteiger partial charge in [0.15, 0.2) is 0 Å². The van der Waals surface area contributed by atoms with Crippen molar-refractivity contribution in [3.63, 3.8) is 0 Å². The van der Waals surface area contributed by atoms with Crippen molar-refractivity contribution >= 4 is 17.8 Å². The second-order valence-electron chi connectivity index (χ2n) is 13.3. The number of urea groups is 1. The zero-order chi connectivity index (χ0) is 33.4. The van der Waals surface area contributed by atoms with Crippen LogP contribution in [0.2, 0.25) is 0 Å². The number of ether oxygens (including phenoxy) is 1. The number of aliphatic hydroxyl groups is 1. The minimum atomic E-state index is -0.863. The number of carbonyl (C=O) groups excluding carboxylic acids is 3. The van der Waals surface area contributed by atoms with E-state index in [2.05, 4.69) is 21.3 Å². The molecule has 0 bridgehead atoms. The van der Waals surface area contributed by atoms with Crippen LogP contribution in [-0.4, -0.2) is 78.3 Å². The Morgan fingerprint density at radius 3 is 2.15 bits per heavy atom. The number of carbonyl (C=O) groups is 3. The van der Waals surface area contributed by atoms with E-state index in [9.17, 15) is 14.4 Å².